The molecule has 1 unspecified atom stereocenters. The van der Waals surface area contributed by atoms with Crippen LogP contribution in [0.3, 0.4) is 0 Å². The summed E-state index contributed by atoms with van der Waals surface area (Å²) in [6.07, 6.45) is 0. The number of urea groups is 1. The van der Waals surface area contributed by atoms with Crippen molar-refractivity contribution in [3.05, 3.63) is 105 Å². The van der Waals surface area contributed by atoms with E-state index in [9.17, 15) is 14.9 Å². The lowest BCUT2D eigenvalue weighted by atomic mass is 10.2. The predicted octanol–water partition coefficient (Wildman–Crippen LogP) is 5.53. The van der Waals surface area contributed by atoms with E-state index in [-0.39, 0.29) is 5.69 Å². The van der Waals surface area contributed by atoms with Crippen LogP contribution in [0.2, 0.25) is 0 Å². The number of nitrogens with one attached hydrogen (secondary N) is 2. The number of amides is 2. The first-order valence-electron chi connectivity index (χ1n) is 11.3. The molecule has 1 aromatic heterocycles. The number of thioether (sulfide) groups is 1. The zero-order chi connectivity index (χ0) is 26.4. The van der Waals surface area contributed by atoms with Gasteiger partial charge in [0, 0.05) is 29.3 Å². The molecule has 186 valence electrons. The number of aromatic nitrogens is 3. The fourth-order valence-electron chi connectivity index (χ4n) is 3.67. The molecule has 0 aliphatic heterocycles. The number of nitro benzene ring substituents is 1. The van der Waals surface area contributed by atoms with Crippen molar-refractivity contribution in [2.75, 3.05) is 5.32 Å². The van der Waals surface area contributed by atoms with Crippen molar-refractivity contribution in [2.24, 2.45) is 0 Å². The van der Waals surface area contributed by atoms with Crippen molar-refractivity contribution in [1.29, 1.82) is 5.26 Å². The SMILES string of the molecule is Cc1cccc(CSc2nnc(C(C)NC(=O)Nc3cccc(C#N)c3)n2-c2ccc([N+](=O)[O-])cc2)c1. The normalized spacial score (nSPS) is 11.4. The Bertz CT molecular complexity index is 1480. The maximum atomic E-state index is 12.7. The van der Waals surface area contributed by atoms with E-state index in [1.54, 1.807) is 47.9 Å². The highest BCUT2D eigenvalue weighted by Gasteiger charge is 2.22. The van der Waals surface area contributed by atoms with E-state index in [0.717, 1.165) is 11.1 Å². The molecule has 1 atom stereocenters. The Morgan fingerprint density at radius 3 is 2.59 bits per heavy atom. The first-order valence-corrected chi connectivity index (χ1v) is 12.3. The van der Waals surface area contributed by atoms with Crippen LogP contribution in [0.25, 0.3) is 5.69 Å². The molecule has 4 rings (SSSR count). The molecule has 0 saturated carbocycles. The van der Waals surface area contributed by atoms with Crippen molar-refractivity contribution < 1.29 is 9.72 Å². The first-order chi connectivity index (χ1) is 17.8. The van der Waals surface area contributed by atoms with E-state index >= 15 is 0 Å². The van der Waals surface area contributed by atoms with E-state index < -0.39 is 17.0 Å². The number of carbonyl (C=O) groups is 1. The molecule has 2 N–H and O–H groups in total. The van der Waals surface area contributed by atoms with Gasteiger partial charge in [0.15, 0.2) is 11.0 Å². The zero-order valence-corrected chi connectivity index (χ0v) is 20.9. The molecule has 1 heterocycles. The largest absolute Gasteiger partial charge is 0.328 e. The summed E-state index contributed by atoms with van der Waals surface area (Å²) in [5, 5.41) is 35.1. The van der Waals surface area contributed by atoms with Gasteiger partial charge in [-0.2, -0.15) is 5.26 Å². The number of non-ortho nitro benzene ring substituents is 1. The van der Waals surface area contributed by atoms with Crippen LogP contribution < -0.4 is 10.6 Å². The third-order valence-electron chi connectivity index (χ3n) is 5.41. The topological polar surface area (TPSA) is 139 Å². The maximum absolute atomic E-state index is 12.7. The summed E-state index contributed by atoms with van der Waals surface area (Å²) in [4.78, 5) is 23.3. The average molecular weight is 514 g/mol. The second-order valence-electron chi connectivity index (χ2n) is 8.24. The maximum Gasteiger partial charge on any atom is 0.319 e. The summed E-state index contributed by atoms with van der Waals surface area (Å²) in [5.41, 5.74) is 3.79. The van der Waals surface area contributed by atoms with Gasteiger partial charge in [-0.3, -0.25) is 14.7 Å². The number of nitrogens with zero attached hydrogens (tertiary/aromatic N) is 5. The van der Waals surface area contributed by atoms with Crippen LogP contribution in [0.5, 0.6) is 0 Å². The molecule has 3 aromatic carbocycles. The van der Waals surface area contributed by atoms with Crippen LogP contribution in [-0.4, -0.2) is 25.7 Å². The minimum absolute atomic E-state index is 0.0301. The molecule has 11 heteroatoms. The number of benzene rings is 3. The Hall–Kier alpha value is -4.69. The number of nitro groups is 1. The molecule has 0 saturated heterocycles. The van der Waals surface area contributed by atoms with Crippen LogP contribution in [0.1, 0.15) is 35.5 Å². The van der Waals surface area contributed by atoms with Crippen LogP contribution in [0.4, 0.5) is 16.2 Å². The van der Waals surface area contributed by atoms with Gasteiger partial charge in [0.05, 0.1) is 22.6 Å². The van der Waals surface area contributed by atoms with Crippen LogP contribution in [0, 0.1) is 28.4 Å². The van der Waals surface area contributed by atoms with Gasteiger partial charge in [-0.25, -0.2) is 4.79 Å². The Labute approximate surface area is 217 Å². The van der Waals surface area contributed by atoms with Crippen molar-refractivity contribution in [3.63, 3.8) is 0 Å². The smallest absolute Gasteiger partial charge is 0.319 e. The summed E-state index contributed by atoms with van der Waals surface area (Å²) in [5.74, 6) is 1.10. The highest BCUT2D eigenvalue weighted by molar-refractivity contribution is 7.98. The third kappa shape index (κ3) is 6.31. The van der Waals surface area contributed by atoms with Crippen molar-refractivity contribution >= 4 is 29.2 Å². The van der Waals surface area contributed by atoms with Crippen molar-refractivity contribution in [3.8, 4) is 11.8 Å². The van der Waals surface area contributed by atoms with Gasteiger partial charge >= 0.3 is 6.03 Å². The summed E-state index contributed by atoms with van der Waals surface area (Å²) < 4.78 is 1.78. The summed E-state index contributed by atoms with van der Waals surface area (Å²) in [7, 11) is 0. The van der Waals surface area contributed by atoms with Crippen LogP contribution >= 0.6 is 11.8 Å². The van der Waals surface area contributed by atoms with Crippen LogP contribution in [0.15, 0.2) is 78.0 Å². The van der Waals surface area contributed by atoms with E-state index in [0.29, 0.717) is 33.7 Å². The molecule has 0 spiro atoms. The number of anilines is 1. The Kier molecular flexibility index (Phi) is 7.80. The number of aryl methyl sites for hydroxylation is 1. The second kappa shape index (κ2) is 11.4. The molecule has 0 aliphatic carbocycles. The summed E-state index contributed by atoms with van der Waals surface area (Å²) in [6, 6.07) is 21.8. The number of rotatable bonds is 8. The zero-order valence-electron chi connectivity index (χ0n) is 20.1. The lowest BCUT2D eigenvalue weighted by Crippen LogP contribution is -2.32. The average Bonchev–Trinajstić information content (AvgIpc) is 3.32. The molecule has 0 radical (unpaired) electrons. The van der Waals surface area contributed by atoms with E-state index in [2.05, 4.69) is 26.9 Å². The fraction of sp³-hybridized carbons (Fsp3) is 0.154. The molecule has 0 aliphatic rings. The third-order valence-corrected chi connectivity index (χ3v) is 6.41. The lowest BCUT2D eigenvalue weighted by molar-refractivity contribution is -0.384. The number of hydrogen-bond donors (Lipinski definition) is 2. The highest BCUT2D eigenvalue weighted by atomic mass is 32.2. The number of carbonyl (C=O) groups excluding carboxylic acids is 1. The number of nitriles is 1. The van der Waals surface area contributed by atoms with E-state index in [1.807, 2.05) is 31.2 Å². The molecular formula is C26H23N7O3S. The highest BCUT2D eigenvalue weighted by Crippen LogP contribution is 2.28. The van der Waals surface area contributed by atoms with Crippen molar-refractivity contribution in [2.45, 2.75) is 30.8 Å². The summed E-state index contributed by atoms with van der Waals surface area (Å²) >= 11 is 1.47. The Morgan fingerprint density at radius 2 is 1.89 bits per heavy atom. The molecule has 10 nitrogen and oxygen atoms in total. The lowest BCUT2D eigenvalue weighted by Gasteiger charge is -2.17. The monoisotopic (exact) mass is 513 g/mol. The van der Waals surface area contributed by atoms with Crippen molar-refractivity contribution in [1.82, 2.24) is 20.1 Å². The van der Waals surface area contributed by atoms with Gasteiger partial charge in [-0.15, -0.1) is 10.2 Å². The second-order valence-corrected chi connectivity index (χ2v) is 9.18. The minimum Gasteiger partial charge on any atom is -0.328 e. The standard InChI is InChI=1S/C26H23N7O3S/c1-17-5-3-7-20(13-17)16-37-26-31-30-24(32(26)22-9-11-23(12-10-22)33(35)36)18(2)28-25(34)29-21-8-4-6-19(14-21)15-27/h3-14,18H,16H2,1-2H3,(H2,28,29,34). The quantitative estimate of drug-likeness (QED) is 0.179. The molecule has 0 fully saturated rings. The van der Waals surface area contributed by atoms with Gasteiger partial charge in [0.1, 0.15) is 0 Å². The van der Waals surface area contributed by atoms with Gasteiger partial charge in [-0.05, 0) is 49.7 Å². The molecule has 2 amide bonds. The Balaban J connectivity index is 1.59. The molecule has 0 bridgehead atoms. The first kappa shape index (κ1) is 25.4. The fourth-order valence-corrected chi connectivity index (χ4v) is 4.57. The van der Waals surface area contributed by atoms with E-state index in [4.69, 9.17) is 5.26 Å². The minimum atomic E-state index is -0.560. The predicted molar refractivity (Wildman–Crippen MR) is 140 cm³/mol. The molecular weight excluding hydrogens is 490 g/mol. The van der Waals surface area contributed by atoms with Crippen LogP contribution in [-0.2, 0) is 5.75 Å². The Morgan fingerprint density at radius 1 is 1.14 bits per heavy atom. The van der Waals surface area contributed by atoms with Gasteiger partial charge in [0.2, 0.25) is 0 Å². The summed E-state index contributed by atoms with van der Waals surface area (Å²) in [6.45, 7) is 3.80. The number of hydrogen-bond acceptors (Lipinski definition) is 7. The van der Waals surface area contributed by atoms with Gasteiger partial charge in [0.25, 0.3) is 5.69 Å². The van der Waals surface area contributed by atoms with Gasteiger partial charge in [-0.1, -0.05) is 47.7 Å². The van der Waals surface area contributed by atoms with E-state index in [1.165, 1.54) is 23.9 Å². The molecule has 4 aromatic rings. The molecule has 37 heavy (non-hydrogen) atoms. The van der Waals surface area contributed by atoms with Gasteiger partial charge < -0.3 is 10.6 Å².